The van der Waals surface area contributed by atoms with Gasteiger partial charge in [0.2, 0.25) is 5.96 Å². The van der Waals surface area contributed by atoms with Gasteiger partial charge in [0.1, 0.15) is 0 Å². The molecule has 0 heterocycles. The number of anilines is 1. The van der Waals surface area contributed by atoms with Gasteiger partial charge >= 0.3 is 6.18 Å². The number of halogens is 3. The van der Waals surface area contributed by atoms with Crippen molar-refractivity contribution in [3.8, 4) is 0 Å². The second-order valence-electron chi connectivity index (χ2n) is 3.57. The highest BCUT2D eigenvalue weighted by molar-refractivity contribution is 5.93. The summed E-state index contributed by atoms with van der Waals surface area (Å²) in [6.07, 6.45) is -3.48. The Labute approximate surface area is 103 Å². The van der Waals surface area contributed by atoms with Crippen LogP contribution in [0, 0.1) is 0 Å². The Morgan fingerprint density at radius 2 is 1.89 bits per heavy atom. The highest BCUT2D eigenvalue weighted by atomic mass is 19.4. The van der Waals surface area contributed by atoms with Gasteiger partial charge in [-0.15, -0.1) is 0 Å². The van der Waals surface area contributed by atoms with E-state index >= 15 is 0 Å². The number of aliphatic imine (C=N–C) groups is 1. The molecule has 0 fully saturated rings. The molecule has 4 N–H and O–H groups in total. The van der Waals surface area contributed by atoms with Crippen molar-refractivity contribution in [2.45, 2.75) is 19.5 Å². The molecule has 100 valence electrons. The average molecular weight is 260 g/mol. The van der Waals surface area contributed by atoms with Gasteiger partial charge in [-0.05, 0) is 30.7 Å². The zero-order valence-corrected chi connectivity index (χ0v) is 9.88. The Bertz CT molecular complexity index is 398. The molecule has 0 spiro atoms. The molecule has 0 aliphatic carbocycles. The highest BCUT2D eigenvalue weighted by Crippen LogP contribution is 2.29. The van der Waals surface area contributed by atoms with Crippen LogP contribution in [0.3, 0.4) is 0 Å². The van der Waals surface area contributed by atoms with Crippen LogP contribution in [0.2, 0.25) is 0 Å². The molecule has 0 amide bonds. The fraction of sp³-hybridized carbons (Fsp3) is 0.364. The van der Waals surface area contributed by atoms with Crippen LogP contribution in [-0.2, 0) is 6.18 Å². The van der Waals surface area contributed by atoms with E-state index in [-0.39, 0.29) is 0 Å². The Hall–Kier alpha value is -1.76. The first kappa shape index (κ1) is 14.3. The minimum atomic E-state index is -4.33. The third-order valence-corrected chi connectivity index (χ3v) is 2.11. The molecule has 4 nitrogen and oxygen atoms in total. The van der Waals surface area contributed by atoms with Crippen molar-refractivity contribution in [1.29, 1.82) is 0 Å². The van der Waals surface area contributed by atoms with Crippen molar-refractivity contribution in [3.05, 3.63) is 29.8 Å². The van der Waals surface area contributed by atoms with Gasteiger partial charge in [-0.25, -0.2) is 5.84 Å². The summed E-state index contributed by atoms with van der Waals surface area (Å²) in [7, 11) is 0. The molecule has 0 unspecified atom stereocenters. The lowest BCUT2D eigenvalue weighted by atomic mass is 10.2. The summed E-state index contributed by atoms with van der Waals surface area (Å²) in [5.41, 5.74) is 2.14. The minimum absolute atomic E-state index is 0.316. The lowest BCUT2D eigenvalue weighted by molar-refractivity contribution is -0.137. The second kappa shape index (κ2) is 6.25. The van der Waals surface area contributed by atoms with Crippen LogP contribution in [0.25, 0.3) is 0 Å². The molecule has 0 aliphatic heterocycles. The summed E-state index contributed by atoms with van der Waals surface area (Å²) < 4.78 is 37.0. The zero-order chi connectivity index (χ0) is 13.6. The van der Waals surface area contributed by atoms with Gasteiger partial charge in [-0.2, -0.15) is 13.2 Å². The molecule has 7 heteroatoms. The number of nitrogens with two attached hydrogens (primary N) is 1. The predicted octanol–water partition coefficient (Wildman–Crippen LogP) is 2.35. The smallest absolute Gasteiger partial charge is 0.325 e. The van der Waals surface area contributed by atoms with Crippen molar-refractivity contribution in [2.75, 3.05) is 11.9 Å². The summed E-state index contributed by atoms with van der Waals surface area (Å²) in [4.78, 5) is 4.07. The fourth-order valence-corrected chi connectivity index (χ4v) is 1.22. The predicted molar refractivity (Wildman–Crippen MR) is 65.0 cm³/mol. The van der Waals surface area contributed by atoms with Crippen molar-refractivity contribution in [1.82, 2.24) is 5.43 Å². The summed E-state index contributed by atoms with van der Waals surface area (Å²) >= 11 is 0. The molecular formula is C11H15F3N4. The lowest BCUT2D eigenvalue weighted by Gasteiger charge is -2.10. The van der Waals surface area contributed by atoms with Crippen LogP contribution in [-0.4, -0.2) is 12.5 Å². The Morgan fingerprint density at radius 1 is 1.28 bits per heavy atom. The molecule has 0 radical (unpaired) electrons. The van der Waals surface area contributed by atoms with E-state index in [4.69, 9.17) is 5.84 Å². The maximum atomic E-state index is 12.3. The number of hydrogen-bond donors (Lipinski definition) is 3. The number of hydrazine groups is 1. The Morgan fingerprint density at radius 3 is 2.33 bits per heavy atom. The van der Waals surface area contributed by atoms with Crippen molar-refractivity contribution < 1.29 is 13.2 Å². The molecule has 0 bridgehead atoms. The maximum Gasteiger partial charge on any atom is 0.416 e. The van der Waals surface area contributed by atoms with Crippen molar-refractivity contribution in [3.63, 3.8) is 0 Å². The van der Waals surface area contributed by atoms with E-state index in [0.717, 1.165) is 18.6 Å². The van der Waals surface area contributed by atoms with Crippen LogP contribution in [0.4, 0.5) is 18.9 Å². The summed E-state index contributed by atoms with van der Waals surface area (Å²) in [5.74, 6) is 5.55. The molecule has 1 aromatic carbocycles. The van der Waals surface area contributed by atoms with E-state index < -0.39 is 11.7 Å². The molecule has 0 aromatic heterocycles. The third-order valence-electron chi connectivity index (χ3n) is 2.11. The highest BCUT2D eigenvalue weighted by Gasteiger charge is 2.29. The number of guanidine groups is 1. The molecule has 0 saturated heterocycles. The first-order chi connectivity index (χ1) is 8.47. The number of nitrogens with one attached hydrogen (secondary N) is 2. The van der Waals surface area contributed by atoms with E-state index in [1.54, 1.807) is 0 Å². The first-order valence-electron chi connectivity index (χ1n) is 5.42. The number of hydrogen-bond acceptors (Lipinski definition) is 2. The van der Waals surface area contributed by atoms with E-state index in [1.165, 1.54) is 12.1 Å². The van der Waals surface area contributed by atoms with Crippen LogP contribution >= 0.6 is 0 Å². The van der Waals surface area contributed by atoms with Gasteiger partial charge in [0, 0.05) is 12.2 Å². The van der Waals surface area contributed by atoms with Gasteiger partial charge in [-0.1, -0.05) is 6.92 Å². The monoisotopic (exact) mass is 260 g/mol. The minimum Gasteiger partial charge on any atom is -0.325 e. The van der Waals surface area contributed by atoms with Gasteiger partial charge in [0.05, 0.1) is 5.56 Å². The molecule has 18 heavy (non-hydrogen) atoms. The van der Waals surface area contributed by atoms with Gasteiger partial charge < -0.3 is 5.32 Å². The van der Waals surface area contributed by atoms with E-state index in [0.29, 0.717) is 18.2 Å². The Kier molecular flexibility index (Phi) is 4.96. The standard InChI is InChI=1S/C11H15F3N4/c1-2-7-16-10(18-15)17-9-5-3-8(4-6-9)11(12,13)14/h3-6H,2,7,15H2,1H3,(H2,16,17,18). The topological polar surface area (TPSA) is 62.4 Å². The number of nitrogens with zero attached hydrogens (tertiary/aromatic N) is 1. The normalized spacial score (nSPS) is 12.4. The van der Waals surface area contributed by atoms with E-state index in [1.807, 2.05) is 6.92 Å². The molecule has 0 aliphatic rings. The zero-order valence-electron chi connectivity index (χ0n) is 9.88. The third kappa shape index (κ3) is 4.25. The van der Waals surface area contributed by atoms with Gasteiger partial charge in [0.25, 0.3) is 0 Å². The van der Waals surface area contributed by atoms with Crippen molar-refractivity contribution in [2.24, 2.45) is 10.8 Å². The summed E-state index contributed by atoms with van der Waals surface area (Å²) in [5, 5.41) is 2.79. The van der Waals surface area contributed by atoms with Crippen LogP contribution in [0.1, 0.15) is 18.9 Å². The van der Waals surface area contributed by atoms with Gasteiger partial charge in [-0.3, -0.25) is 10.4 Å². The Balaban J connectivity index is 2.74. The summed E-state index contributed by atoms with van der Waals surface area (Å²) in [6, 6.07) is 4.63. The van der Waals surface area contributed by atoms with Crippen LogP contribution in [0.15, 0.2) is 29.3 Å². The first-order valence-corrected chi connectivity index (χ1v) is 5.42. The van der Waals surface area contributed by atoms with E-state index in [2.05, 4.69) is 15.7 Å². The largest absolute Gasteiger partial charge is 0.416 e. The quantitative estimate of drug-likeness (QED) is 0.338. The van der Waals surface area contributed by atoms with Gasteiger partial charge in [0.15, 0.2) is 0 Å². The van der Waals surface area contributed by atoms with Crippen LogP contribution in [0.5, 0.6) is 0 Å². The lowest BCUT2D eigenvalue weighted by Crippen LogP contribution is -2.36. The second-order valence-corrected chi connectivity index (χ2v) is 3.57. The number of benzene rings is 1. The molecule has 1 aromatic rings. The van der Waals surface area contributed by atoms with Crippen molar-refractivity contribution >= 4 is 11.6 Å². The SMILES string of the molecule is CCCN=C(NN)Nc1ccc(C(F)(F)F)cc1. The fourth-order valence-electron chi connectivity index (χ4n) is 1.22. The van der Waals surface area contributed by atoms with Crippen LogP contribution < -0.4 is 16.6 Å². The maximum absolute atomic E-state index is 12.3. The summed E-state index contributed by atoms with van der Waals surface area (Å²) in [6.45, 7) is 2.53. The number of alkyl halides is 3. The average Bonchev–Trinajstić information content (AvgIpc) is 2.34. The van der Waals surface area contributed by atoms with E-state index in [9.17, 15) is 13.2 Å². The molecule has 0 atom stereocenters. The molecular weight excluding hydrogens is 245 g/mol. The molecule has 0 saturated carbocycles. The molecule has 1 rings (SSSR count). The number of rotatable bonds is 3.